The van der Waals surface area contributed by atoms with E-state index in [0.29, 0.717) is 35.8 Å². The molecule has 2 amide bonds. The second kappa shape index (κ2) is 13.6. The quantitative estimate of drug-likeness (QED) is 0.477. The number of piperidine rings is 1. The van der Waals surface area contributed by atoms with E-state index >= 15 is 0 Å². The Labute approximate surface area is 221 Å². The molecule has 7 nitrogen and oxygen atoms in total. The third kappa shape index (κ3) is 7.59. The van der Waals surface area contributed by atoms with Gasteiger partial charge in [-0.1, -0.05) is 30.9 Å². The van der Waals surface area contributed by atoms with Gasteiger partial charge >= 0.3 is 0 Å². The largest absolute Gasteiger partial charge is 0.484 e. The van der Waals surface area contributed by atoms with E-state index in [4.69, 9.17) is 16.3 Å². The molecule has 2 heterocycles. The molecule has 2 saturated heterocycles. The van der Waals surface area contributed by atoms with Gasteiger partial charge in [-0.15, -0.1) is 0 Å². The third-order valence-electron chi connectivity index (χ3n) is 8.21. The van der Waals surface area contributed by atoms with Gasteiger partial charge in [-0.3, -0.25) is 14.5 Å². The molecule has 8 heteroatoms. The molecular weight excluding hydrogens is 476 g/mol. The lowest BCUT2D eigenvalue weighted by Crippen LogP contribution is -2.58. The molecule has 2 atom stereocenters. The minimum absolute atomic E-state index is 0.0154. The van der Waals surface area contributed by atoms with Gasteiger partial charge in [0, 0.05) is 50.3 Å². The molecule has 3 fully saturated rings. The van der Waals surface area contributed by atoms with Crippen LogP contribution in [0.25, 0.3) is 0 Å². The third-order valence-corrected chi connectivity index (χ3v) is 8.47. The summed E-state index contributed by atoms with van der Waals surface area (Å²) < 4.78 is 5.64. The van der Waals surface area contributed by atoms with E-state index in [1.165, 1.54) is 38.6 Å². The second-order valence-corrected chi connectivity index (χ2v) is 11.1. The van der Waals surface area contributed by atoms with E-state index in [0.717, 1.165) is 45.4 Å². The summed E-state index contributed by atoms with van der Waals surface area (Å²) in [4.78, 5) is 32.8. The Morgan fingerprint density at radius 1 is 1.00 bits per heavy atom. The number of hydrogen-bond acceptors (Lipinski definition) is 5. The number of benzene rings is 1. The SMILES string of the molecule is C[C@@H]1CCCCN1CCCNC(=O)[C@@H](C1CCCC1)N1CCN(C(=O)COc2ccc(Cl)cc2)CC1. The van der Waals surface area contributed by atoms with Crippen LogP contribution in [-0.2, 0) is 9.59 Å². The maximum atomic E-state index is 13.4. The van der Waals surface area contributed by atoms with Crippen molar-refractivity contribution in [1.29, 1.82) is 0 Å². The van der Waals surface area contributed by atoms with E-state index in [-0.39, 0.29) is 24.5 Å². The summed E-state index contributed by atoms with van der Waals surface area (Å²) in [5.41, 5.74) is 0. The van der Waals surface area contributed by atoms with Crippen LogP contribution in [0, 0.1) is 5.92 Å². The second-order valence-electron chi connectivity index (χ2n) is 10.7. The van der Waals surface area contributed by atoms with Gasteiger partial charge in [-0.05, 0) is 75.8 Å². The minimum Gasteiger partial charge on any atom is -0.484 e. The maximum absolute atomic E-state index is 13.4. The Morgan fingerprint density at radius 3 is 2.39 bits per heavy atom. The minimum atomic E-state index is -0.0796. The fraction of sp³-hybridized carbons (Fsp3) is 0.714. The van der Waals surface area contributed by atoms with Gasteiger partial charge in [0.15, 0.2) is 6.61 Å². The molecule has 0 radical (unpaired) electrons. The number of carbonyl (C=O) groups is 2. The van der Waals surface area contributed by atoms with Crippen molar-refractivity contribution in [2.24, 2.45) is 5.92 Å². The van der Waals surface area contributed by atoms with E-state index in [9.17, 15) is 9.59 Å². The van der Waals surface area contributed by atoms with Crippen molar-refractivity contribution in [2.45, 2.75) is 70.4 Å². The first kappa shape index (κ1) is 27.2. The summed E-state index contributed by atoms with van der Waals surface area (Å²) in [6.07, 6.45) is 9.59. The molecule has 1 saturated carbocycles. The highest BCUT2D eigenvalue weighted by Gasteiger charge is 2.37. The van der Waals surface area contributed by atoms with Crippen LogP contribution in [0.5, 0.6) is 5.75 Å². The fourth-order valence-corrected chi connectivity index (χ4v) is 6.18. The number of likely N-dealkylation sites (tertiary alicyclic amines) is 1. The molecule has 1 aromatic rings. The van der Waals surface area contributed by atoms with Crippen molar-refractivity contribution < 1.29 is 14.3 Å². The molecule has 1 aromatic carbocycles. The van der Waals surface area contributed by atoms with Crippen LogP contribution < -0.4 is 10.1 Å². The average Bonchev–Trinajstić information content (AvgIpc) is 3.42. The number of rotatable bonds is 10. The zero-order valence-corrected chi connectivity index (χ0v) is 22.6. The number of amides is 2. The summed E-state index contributed by atoms with van der Waals surface area (Å²) in [5, 5.41) is 3.91. The van der Waals surface area contributed by atoms with Gasteiger partial charge in [-0.2, -0.15) is 0 Å². The van der Waals surface area contributed by atoms with Crippen LogP contribution in [0.2, 0.25) is 5.02 Å². The zero-order valence-electron chi connectivity index (χ0n) is 21.8. The van der Waals surface area contributed by atoms with Crippen molar-refractivity contribution in [3.05, 3.63) is 29.3 Å². The van der Waals surface area contributed by atoms with Gasteiger partial charge in [0.25, 0.3) is 5.91 Å². The zero-order chi connectivity index (χ0) is 25.3. The molecule has 0 bridgehead atoms. The molecule has 3 aliphatic rings. The normalized spacial score (nSPS) is 22.9. The molecular formula is C28H43ClN4O3. The van der Waals surface area contributed by atoms with Crippen LogP contribution >= 0.6 is 11.6 Å². The van der Waals surface area contributed by atoms with Crippen LogP contribution in [0.4, 0.5) is 0 Å². The molecule has 1 N–H and O–H groups in total. The number of hydrogen-bond donors (Lipinski definition) is 1. The standard InChI is InChI=1S/C28H43ClN4O3/c1-22-7-4-5-15-31(22)16-6-14-30-28(35)27(23-8-2-3-9-23)33-19-17-32(18-20-33)26(34)21-36-25-12-10-24(29)11-13-25/h10-13,22-23,27H,2-9,14-21H2,1H3,(H,30,35)/t22-,27-/m1/s1. The Balaban J connectivity index is 1.23. The molecule has 0 aromatic heterocycles. The number of nitrogens with zero attached hydrogens (tertiary/aromatic N) is 3. The van der Waals surface area contributed by atoms with Gasteiger partial charge in [0.1, 0.15) is 5.75 Å². The van der Waals surface area contributed by atoms with Crippen LogP contribution in [0.15, 0.2) is 24.3 Å². The predicted molar refractivity (Wildman–Crippen MR) is 143 cm³/mol. The van der Waals surface area contributed by atoms with Crippen molar-refractivity contribution in [1.82, 2.24) is 20.0 Å². The van der Waals surface area contributed by atoms with Crippen molar-refractivity contribution >= 4 is 23.4 Å². The van der Waals surface area contributed by atoms with Gasteiger partial charge in [-0.25, -0.2) is 0 Å². The first-order valence-electron chi connectivity index (χ1n) is 13.9. The Bertz CT molecular complexity index is 838. The number of nitrogens with one attached hydrogen (secondary N) is 1. The van der Waals surface area contributed by atoms with Crippen molar-refractivity contribution in [3.8, 4) is 5.75 Å². The number of piperazine rings is 1. The Morgan fingerprint density at radius 2 is 1.69 bits per heavy atom. The molecule has 0 spiro atoms. The van der Waals surface area contributed by atoms with Crippen molar-refractivity contribution in [2.75, 3.05) is 52.4 Å². The van der Waals surface area contributed by atoms with E-state index < -0.39 is 0 Å². The lowest BCUT2D eigenvalue weighted by atomic mass is 9.95. The summed E-state index contributed by atoms with van der Waals surface area (Å²) in [6, 6.07) is 7.63. The number of halogens is 1. The summed E-state index contributed by atoms with van der Waals surface area (Å²) >= 11 is 5.91. The van der Waals surface area contributed by atoms with E-state index in [1.54, 1.807) is 24.3 Å². The molecule has 0 unspecified atom stereocenters. The first-order valence-corrected chi connectivity index (χ1v) is 14.3. The van der Waals surface area contributed by atoms with E-state index in [2.05, 4.69) is 22.0 Å². The molecule has 2 aliphatic heterocycles. The number of ether oxygens (including phenoxy) is 1. The van der Waals surface area contributed by atoms with Gasteiger partial charge in [0.2, 0.25) is 5.91 Å². The highest BCUT2D eigenvalue weighted by atomic mass is 35.5. The van der Waals surface area contributed by atoms with Crippen LogP contribution in [0.1, 0.15) is 58.3 Å². The molecule has 4 rings (SSSR count). The average molecular weight is 519 g/mol. The topological polar surface area (TPSA) is 65.1 Å². The molecule has 200 valence electrons. The highest BCUT2D eigenvalue weighted by molar-refractivity contribution is 6.30. The van der Waals surface area contributed by atoms with Gasteiger partial charge in [0.05, 0.1) is 6.04 Å². The smallest absolute Gasteiger partial charge is 0.260 e. The van der Waals surface area contributed by atoms with Crippen LogP contribution in [-0.4, -0.2) is 91.0 Å². The molecule has 1 aliphatic carbocycles. The first-order chi connectivity index (χ1) is 17.5. The Kier molecular flexibility index (Phi) is 10.3. The number of carbonyl (C=O) groups excluding carboxylic acids is 2. The Hall–Kier alpha value is -1.83. The highest BCUT2D eigenvalue weighted by Crippen LogP contribution is 2.31. The summed E-state index contributed by atoms with van der Waals surface area (Å²) in [6.45, 7) is 8.05. The van der Waals surface area contributed by atoms with E-state index in [1.807, 2.05) is 4.90 Å². The monoisotopic (exact) mass is 518 g/mol. The van der Waals surface area contributed by atoms with Crippen LogP contribution in [0.3, 0.4) is 0 Å². The summed E-state index contributed by atoms with van der Waals surface area (Å²) in [5.74, 6) is 1.22. The fourth-order valence-electron chi connectivity index (χ4n) is 6.06. The maximum Gasteiger partial charge on any atom is 0.260 e. The predicted octanol–water partition coefficient (Wildman–Crippen LogP) is 3.80. The molecule has 36 heavy (non-hydrogen) atoms. The lowest BCUT2D eigenvalue weighted by molar-refractivity contribution is -0.137. The lowest BCUT2D eigenvalue weighted by Gasteiger charge is -2.40. The summed E-state index contributed by atoms with van der Waals surface area (Å²) in [7, 11) is 0. The van der Waals surface area contributed by atoms with Gasteiger partial charge < -0.3 is 19.9 Å². The van der Waals surface area contributed by atoms with Crippen molar-refractivity contribution in [3.63, 3.8) is 0 Å².